The van der Waals surface area contributed by atoms with Gasteiger partial charge in [-0.05, 0) is 18.9 Å². The van der Waals surface area contributed by atoms with Gasteiger partial charge in [0.1, 0.15) is 11.5 Å². The number of phenols is 2. The van der Waals surface area contributed by atoms with Gasteiger partial charge >= 0.3 is 0 Å². The maximum absolute atomic E-state index is 9.54. The lowest BCUT2D eigenvalue weighted by Crippen LogP contribution is -2.02. The van der Waals surface area contributed by atoms with Crippen LogP contribution >= 0.6 is 0 Å². The SMILES string of the molecule is C#CC1(c2ccc(O)cc2O)CC1. The summed E-state index contributed by atoms with van der Waals surface area (Å²) in [5.74, 6) is 2.84. The van der Waals surface area contributed by atoms with Crippen molar-refractivity contribution in [3.63, 3.8) is 0 Å². The van der Waals surface area contributed by atoms with Crippen molar-refractivity contribution >= 4 is 0 Å². The lowest BCUT2D eigenvalue weighted by atomic mass is 9.96. The van der Waals surface area contributed by atoms with Crippen LogP contribution in [0, 0.1) is 12.3 Å². The lowest BCUT2D eigenvalue weighted by molar-refractivity contribution is 0.444. The Morgan fingerprint density at radius 3 is 2.46 bits per heavy atom. The van der Waals surface area contributed by atoms with Gasteiger partial charge in [-0.3, -0.25) is 0 Å². The molecule has 13 heavy (non-hydrogen) atoms. The quantitative estimate of drug-likeness (QED) is 0.637. The Morgan fingerprint density at radius 2 is 2.00 bits per heavy atom. The molecular formula is C11H10O2. The zero-order chi connectivity index (χ0) is 9.47. The Balaban J connectivity index is 2.48. The lowest BCUT2D eigenvalue weighted by Gasteiger charge is -2.09. The predicted octanol–water partition coefficient (Wildman–Crippen LogP) is 1.76. The van der Waals surface area contributed by atoms with E-state index in [2.05, 4.69) is 5.92 Å². The average Bonchev–Trinajstić information content (AvgIpc) is 2.85. The van der Waals surface area contributed by atoms with E-state index in [4.69, 9.17) is 11.5 Å². The minimum Gasteiger partial charge on any atom is -0.508 e. The van der Waals surface area contributed by atoms with Crippen molar-refractivity contribution in [1.29, 1.82) is 0 Å². The summed E-state index contributed by atoms with van der Waals surface area (Å²) < 4.78 is 0. The fourth-order valence-electron chi connectivity index (χ4n) is 1.54. The smallest absolute Gasteiger partial charge is 0.123 e. The normalized spacial score (nSPS) is 17.8. The maximum Gasteiger partial charge on any atom is 0.123 e. The average molecular weight is 174 g/mol. The molecule has 1 aliphatic carbocycles. The molecule has 0 spiro atoms. The Labute approximate surface area is 76.8 Å². The molecule has 0 amide bonds. The third kappa shape index (κ3) is 1.13. The van der Waals surface area contributed by atoms with E-state index in [0.717, 1.165) is 18.4 Å². The van der Waals surface area contributed by atoms with Crippen LogP contribution in [-0.4, -0.2) is 10.2 Å². The van der Waals surface area contributed by atoms with E-state index in [-0.39, 0.29) is 16.9 Å². The molecule has 2 N–H and O–H groups in total. The third-order valence-electron chi connectivity index (χ3n) is 2.52. The first-order valence-electron chi connectivity index (χ1n) is 4.18. The minimum atomic E-state index is -0.266. The molecule has 0 radical (unpaired) electrons. The molecule has 0 heterocycles. The molecule has 0 aromatic heterocycles. The topological polar surface area (TPSA) is 40.5 Å². The number of benzene rings is 1. The zero-order valence-corrected chi connectivity index (χ0v) is 7.12. The van der Waals surface area contributed by atoms with Crippen LogP contribution < -0.4 is 0 Å². The van der Waals surface area contributed by atoms with Crippen molar-refractivity contribution in [2.45, 2.75) is 18.3 Å². The van der Waals surface area contributed by atoms with Gasteiger partial charge in [0, 0.05) is 11.6 Å². The van der Waals surface area contributed by atoms with Gasteiger partial charge in [-0.1, -0.05) is 12.0 Å². The molecule has 66 valence electrons. The molecule has 0 saturated heterocycles. The summed E-state index contributed by atoms with van der Waals surface area (Å²) in [6.07, 6.45) is 7.22. The molecular weight excluding hydrogens is 164 g/mol. The maximum atomic E-state index is 9.54. The summed E-state index contributed by atoms with van der Waals surface area (Å²) in [5, 5.41) is 18.6. The van der Waals surface area contributed by atoms with E-state index < -0.39 is 0 Å². The molecule has 1 saturated carbocycles. The van der Waals surface area contributed by atoms with Gasteiger partial charge < -0.3 is 10.2 Å². The van der Waals surface area contributed by atoms with E-state index in [9.17, 15) is 5.11 Å². The highest BCUT2D eigenvalue weighted by atomic mass is 16.3. The summed E-state index contributed by atoms with van der Waals surface area (Å²) in [7, 11) is 0. The van der Waals surface area contributed by atoms with Crippen molar-refractivity contribution in [2.24, 2.45) is 0 Å². The fourth-order valence-corrected chi connectivity index (χ4v) is 1.54. The Morgan fingerprint density at radius 1 is 1.31 bits per heavy atom. The van der Waals surface area contributed by atoms with E-state index in [0.29, 0.717) is 0 Å². The Hall–Kier alpha value is -1.62. The summed E-state index contributed by atoms with van der Waals surface area (Å²) in [6, 6.07) is 4.57. The number of hydrogen-bond acceptors (Lipinski definition) is 2. The number of terminal acetylenes is 1. The standard InChI is InChI=1S/C11H10O2/c1-2-11(5-6-11)9-4-3-8(12)7-10(9)13/h1,3-4,7,12-13H,5-6H2. The van der Waals surface area contributed by atoms with Gasteiger partial charge in [0.2, 0.25) is 0 Å². The first-order valence-corrected chi connectivity index (χ1v) is 4.18. The first-order chi connectivity index (χ1) is 6.18. The summed E-state index contributed by atoms with van der Waals surface area (Å²) in [5.41, 5.74) is 0.491. The molecule has 0 unspecified atom stereocenters. The monoisotopic (exact) mass is 174 g/mol. The highest BCUT2D eigenvalue weighted by molar-refractivity contribution is 5.50. The number of phenolic OH excluding ortho intramolecular Hbond substituents is 2. The molecule has 0 aliphatic heterocycles. The van der Waals surface area contributed by atoms with Crippen molar-refractivity contribution in [3.05, 3.63) is 23.8 Å². The molecule has 1 aliphatic rings. The van der Waals surface area contributed by atoms with Crippen LogP contribution in [0.15, 0.2) is 18.2 Å². The van der Waals surface area contributed by atoms with Crippen LogP contribution in [0.1, 0.15) is 18.4 Å². The molecule has 1 aromatic carbocycles. The molecule has 1 fully saturated rings. The molecule has 0 bridgehead atoms. The number of aromatic hydroxyl groups is 2. The van der Waals surface area contributed by atoms with Crippen molar-refractivity contribution in [3.8, 4) is 23.8 Å². The van der Waals surface area contributed by atoms with Crippen molar-refractivity contribution < 1.29 is 10.2 Å². The van der Waals surface area contributed by atoms with E-state index >= 15 is 0 Å². The van der Waals surface area contributed by atoms with Crippen LogP contribution in [0.4, 0.5) is 0 Å². The van der Waals surface area contributed by atoms with Gasteiger partial charge in [0.15, 0.2) is 0 Å². The first kappa shape index (κ1) is 8.00. The second-order valence-corrected chi connectivity index (χ2v) is 3.43. The summed E-state index contributed by atoms with van der Waals surface area (Å²) in [4.78, 5) is 0. The van der Waals surface area contributed by atoms with Crippen molar-refractivity contribution in [2.75, 3.05) is 0 Å². The number of rotatable bonds is 1. The molecule has 2 heteroatoms. The zero-order valence-electron chi connectivity index (χ0n) is 7.12. The van der Waals surface area contributed by atoms with Gasteiger partial charge in [-0.25, -0.2) is 0 Å². The minimum absolute atomic E-state index is 0.0640. The largest absolute Gasteiger partial charge is 0.508 e. The van der Waals surface area contributed by atoms with E-state index in [1.54, 1.807) is 12.1 Å². The van der Waals surface area contributed by atoms with Gasteiger partial charge in [0.05, 0.1) is 5.41 Å². The van der Waals surface area contributed by atoms with Crippen LogP contribution in [0.25, 0.3) is 0 Å². The van der Waals surface area contributed by atoms with Crippen LogP contribution in [0.2, 0.25) is 0 Å². The highest BCUT2D eigenvalue weighted by Gasteiger charge is 2.44. The Bertz CT molecular complexity index is 384. The predicted molar refractivity (Wildman–Crippen MR) is 49.5 cm³/mol. The molecule has 0 atom stereocenters. The van der Waals surface area contributed by atoms with Gasteiger partial charge in [-0.2, -0.15) is 0 Å². The molecule has 2 nitrogen and oxygen atoms in total. The second-order valence-electron chi connectivity index (χ2n) is 3.43. The van der Waals surface area contributed by atoms with Crippen molar-refractivity contribution in [1.82, 2.24) is 0 Å². The highest BCUT2D eigenvalue weighted by Crippen LogP contribution is 2.50. The summed E-state index contributed by atoms with van der Waals surface area (Å²) >= 11 is 0. The molecule has 1 aromatic rings. The second kappa shape index (κ2) is 2.43. The van der Waals surface area contributed by atoms with E-state index in [1.165, 1.54) is 6.07 Å². The van der Waals surface area contributed by atoms with Crippen LogP contribution in [0.5, 0.6) is 11.5 Å². The molecule has 2 rings (SSSR count). The van der Waals surface area contributed by atoms with E-state index in [1.807, 2.05) is 0 Å². The van der Waals surface area contributed by atoms with Crippen LogP contribution in [-0.2, 0) is 5.41 Å². The Kier molecular flexibility index (Phi) is 1.50. The summed E-state index contributed by atoms with van der Waals surface area (Å²) in [6.45, 7) is 0. The van der Waals surface area contributed by atoms with Gasteiger partial charge in [-0.15, -0.1) is 6.42 Å². The van der Waals surface area contributed by atoms with Crippen LogP contribution in [0.3, 0.4) is 0 Å². The van der Waals surface area contributed by atoms with Gasteiger partial charge in [0.25, 0.3) is 0 Å². The third-order valence-corrected chi connectivity index (χ3v) is 2.52. The number of hydrogen-bond donors (Lipinski definition) is 2. The fraction of sp³-hybridized carbons (Fsp3) is 0.273.